The number of nitrogens with zero attached hydrogens (tertiary/aromatic N) is 1. The maximum Gasteiger partial charge on any atom is 0.239 e. The molecular formula is C25H34N4O3. The SMILES string of the molecule is CCNC(=NCc1ccc(C)cc1OCC1CCCO1)NCC(=O)NCc1ccccc1. The first-order valence-corrected chi connectivity index (χ1v) is 11.3. The van der Waals surface area contributed by atoms with Crippen LogP contribution >= 0.6 is 0 Å². The largest absolute Gasteiger partial charge is 0.491 e. The molecule has 1 saturated heterocycles. The number of benzene rings is 2. The van der Waals surface area contributed by atoms with Gasteiger partial charge >= 0.3 is 0 Å². The fraction of sp³-hybridized carbons (Fsp3) is 0.440. The molecule has 0 radical (unpaired) electrons. The van der Waals surface area contributed by atoms with Crippen molar-refractivity contribution in [2.24, 2.45) is 4.99 Å². The van der Waals surface area contributed by atoms with E-state index in [1.165, 1.54) is 0 Å². The van der Waals surface area contributed by atoms with Crippen LogP contribution in [0.25, 0.3) is 0 Å². The van der Waals surface area contributed by atoms with Crippen molar-refractivity contribution < 1.29 is 14.3 Å². The molecule has 1 heterocycles. The average Bonchev–Trinajstić information content (AvgIpc) is 3.33. The summed E-state index contributed by atoms with van der Waals surface area (Å²) >= 11 is 0. The van der Waals surface area contributed by atoms with Gasteiger partial charge in [0.05, 0.1) is 19.2 Å². The number of hydrogen-bond donors (Lipinski definition) is 3. The topological polar surface area (TPSA) is 84.0 Å². The molecule has 0 spiro atoms. The molecule has 3 rings (SSSR count). The summed E-state index contributed by atoms with van der Waals surface area (Å²) < 4.78 is 11.7. The van der Waals surface area contributed by atoms with Crippen LogP contribution in [0.4, 0.5) is 0 Å². The molecule has 2 aromatic carbocycles. The average molecular weight is 439 g/mol. The Morgan fingerprint density at radius 3 is 2.75 bits per heavy atom. The molecule has 0 aliphatic carbocycles. The maximum absolute atomic E-state index is 12.2. The summed E-state index contributed by atoms with van der Waals surface area (Å²) in [5.74, 6) is 1.34. The minimum absolute atomic E-state index is 0.0876. The van der Waals surface area contributed by atoms with E-state index in [9.17, 15) is 4.79 Å². The summed E-state index contributed by atoms with van der Waals surface area (Å²) in [6.07, 6.45) is 2.30. The van der Waals surface area contributed by atoms with Crippen molar-refractivity contribution in [3.63, 3.8) is 0 Å². The number of ether oxygens (including phenoxy) is 2. The molecule has 1 fully saturated rings. The van der Waals surface area contributed by atoms with Gasteiger partial charge in [-0.2, -0.15) is 0 Å². The van der Waals surface area contributed by atoms with Crippen molar-refractivity contribution in [1.82, 2.24) is 16.0 Å². The Labute approximate surface area is 190 Å². The van der Waals surface area contributed by atoms with E-state index in [1.54, 1.807) is 0 Å². The van der Waals surface area contributed by atoms with Crippen molar-refractivity contribution in [3.8, 4) is 5.75 Å². The van der Waals surface area contributed by atoms with Crippen LogP contribution in [0.15, 0.2) is 53.5 Å². The Morgan fingerprint density at radius 2 is 2.00 bits per heavy atom. The second-order valence-electron chi connectivity index (χ2n) is 7.87. The quantitative estimate of drug-likeness (QED) is 0.392. The summed E-state index contributed by atoms with van der Waals surface area (Å²) in [7, 11) is 0. The third-order valence-corrected chi connectivity index (χ3v) is 5.17. The van der Waals surface area contributed by atoms with Crippen molar-refractivity contribution in [3.05, 3.63) is 65.2 Å². The zero-order chi connectivity index (χ0) is 22.6. The number of nitrogens with one attached hydrogen (secondary N) is 3. The molecule has 7 heteroatoms. The standard InChI is InChI=1S/C25H34N4O3/c1-3-26-25(29-17-24(30)27-15-20-8-5-4-6-9-20)28-16-21-12-11-19(2)14-23(21)32-18-22-10-7-13-31-22/h4-6,8-9,11-12,14,22H,3,7,10,13,15-18H2,1-2H3,(H,27,30)(H2,26,28,29). The number of carbonyl (C=O) groups excluding carboxylic acids is 1. The Balaban J connectivity index is 1.53. The number of aryl methyl sites for hydroxylation is 1. The summed E-state index contributed by atoms with van der Waals surface area (Å²) in [5, 5.41) is 9.20. The van der Waals surface area contributed by atoms with E-state index < -0.39 is 0 Å². The minimum Gasteiger partial charge on any atom is -0.491 e. The van der Waals surface area contributed by atoms with Gasteiger partial charge < -0.3 is 25.4 Å². The van der Waals surface area contributed by atoms with E-state index in [0.717, 1.165) is 41.9 Å². The monoisotopic (exact) mass is 438 g/mol. The number of carbonyl (C=O) groups is 1. The van der Waals surface area contributed by atoms with E-state index in [1.807, 2.05) is 56.3 Å². The fourth-order valence-electron chi connectivity index (χ4n) is 3.41. The smallest absolute Gasteiger partial charge is 0.239 e. The van der Waals surface area contributed by atoms with Gasteiger partial charge in [-0.05, 0) is 43.9 Å². The highest BCUT2D eigenvalue weighted by atomic mass is 16.5. The van der Waals surface area contributed by atoms with Crippen LogP contribution in [0.2, 0.25) is 0 Å². The summed E-state index contributed by atoms with van der Waals surface area (Å²) in [5.41, 5.74) is 3.20. The molecule has 1 unspecified atom stereocenters. The predicted octanol–water partition coefficient (Wildman–Crippen LogP) is 2.92. The lowest BCUT2D eigenvalue weighted by molar-refractivity contribution is -0.120. The Hall–Kier alpha value is -3.06. The number of aliphatic imine (C=N–C) groups is 1. The van der Waals surface area contributed by atoms with Crippen molar-refractivity contribution in [2.45, 2.75) is 45.9 Å². The maximum atomic E-state index is 12.2. The molecule has 1 atom stereocenters. The lowest BCUT2D eigenvalue weighted by atomic mass is 10.1. The van der Waals surface area contributed by atoms with Gasteiger partial charge in [-0.1, -0.05) is 42.5 Å². The minimum atomic E-state index is -0.0876. The fourth-order valence-corrected chi connectivity index (χ4v) is 3.41. The predicted molar refractivity (Wildman–Crippen MR) is 127 cm³/mol. The van der Waals surface area contributed by atoms with E-state index >= 15 is 0 Å². The second-order valence-corrected chi connectivity index (χ2v) is 7.87. The molecule has 1 aliphatic rings. The van der Waals surface area contributed by atoms with Gasteiger partial charge in [-0.3, -0.25) is 4.79 Å². The molecule has 1 aliphatic heterocycles. The lowest BCUT2D eigenvalue weighted by Gasteiger charge is -2.15. The van der Waals surface area contributed by atoms with Crippen LogP contribution in [0.1, 0.15) is 36.5 Å². The highest BCUT2D eigenvalue weighted by Crippen LogP contribution is 2.23. The lowest BCUT2D eigenvalue weighted by Crippen LogP contribution is -2.43. The van der Waals surface area contributed by atoms with Crippen LogP contribution < -0.4 is 20.7 Å². The third-order valence-electron chi connectivity index (χ3n) is 5.17. The highest BCUT2D eigenvalue weighted by molar-refractivity contribution is 5.86. The van der Waals surface area contributed by atoms with Crippen LogP contribution in [-0.2, 0) is 22.6 Å². The van der Waals surface area contributed by atoms with Gasteiger partial charge in [-0.25, -0.2) is 4.99 Å². The number of amides is 1. The van der Waals surface area contributed by atoms with Crippen LogP contribution in [0.5, 0.6) is 5.75 Å². The van der Waals surface area contributed by atoms with Gasteiger partial charge in [0.15, 0.2) is 5.96 Å². The van der Waals surface area contributed by atoms with Crippen molar-refractivity contribution in [1.29, 1.82) is 0 Å². The third kappa shape index (κ3) is 7.89. The van der Waals surface area contributed by atoms with E-state index in [4.69, 9.17) is 9.47 Å². The molecule has 7 nitrogen and oxygen atoms in total. The molecule has 32 heavy (non-hydrogen) atoms. The zero-order valence-corrected chi connectivity index (χ0v) is 19.0. The molecule has 0 aromatic heterocycles. The van der Waals surface area contributed by atoms with E-state index in [0.29, 0.717) is 32.2 Å². The molecule has 3 N–H and O–H groups in total. The Kier molecular flexibility index (Phi) is 9.37. The van der Waals surface area contributed by atoms with Crippen molar-refractivity contribution >= 4 is 11.9 Å². The normalized spacial score (nSPS) is 15.9. The molecule has 0 saturated carbocycles. The van der Waals surface area contributed by atoms with E-state index in [-0.39, 0.29) is 18.6 Å². The second kappa shape index (κ2) is 12.7. The van der Waals surface area contributed by atoms with Gasteiger partial charge in [0.2, 0.25) is 5.91 Å². The number of hydrogen-bond acceptors (Lipinski definition) is 4. The molecule has 0 bridgehead atoms. The molecule has 172 valence electrons. The van der Waals surface area contributed by atoms with Gasteiger partial charge in [-0.15, -0.1) is 0 Å². The van der Waals surface area contributed by atoms with Gasteiger partial charge in [0, 0.05) is 25.3 Å². The first-order chi connectivity index (χ1) is 15.6. The molecule has 2 aromatic rings. The van der Waals surface area contributed by atoms with Crippen molar-refractivity contribution in [2.75, 3.05) is 26.3 Å². The first kappa shape index (κ1) is 23.6. The van der Waals surface area contributed by atoms with Gasteiger partial charge in [0.25, 0.3) is 0 Å². The van der Waals surface area contributed by atoms with Crippen LogP contribution in [0, 0.1) is 6.92 Å². The Morgan fingerprint density at radius 1 is 1.16 bits per heavy atom. The summed E-state index contributed by atoms with van der Waals surface area (Å²) in [4.78, 5) is 16.9. The summed E-state index contributed by atoms with van der Waals surface area (Å²) in [6, 6.07) is 16.0. The van der Waals surface area contributed by atoms with E-state index in [2.05, 4.69) is 27.0 Å². The van der Waals surface area contributed by atoms with Crippen LogP contribution in [-0.4, -0.2) is 44.3 Å². The molecular weight excluding hydrogens is 404 g/mol. The first-order valence-electron chi connectivity index (χ1n) is 11.3. The molecule has 1 amide bonds. The Bertz CT molecular complexity index is 880. The van der Waals surface area contributed by atoms with Gasteiger partial charge in [0.1, 0.15) is 12.4 Å². The van der Waals surface area contributed by atoms with Crippen LogP contribution in [0.3, 0.4) is 0 Å². The zero-order valence-electron chi connectivity index (χ0n) is 19.0. The highest BCUT2D eigenvalue weighted by Gasteiger charge is 2.17. The number of rotatable bonds is 10. The summed E-state index contributed by atoms with van der Waals surface area (Å²) in [6.45, 7) is 7.21. The number of guanidine groups is 1.